The van der Waals surface area contributed by atoms with Crippen LogP contribution in [0.5, 0.6) is 0 Å². The number of nitrogens with zero attached hydrogens (tertiary/aromatic N) is 5. The van der Waals surface area contributed by atoms with Crippen LogP contribution in [-0.4, -0.2) is 44.1 Å². The van der Waals surface area contributed by atoms with Crippen molar-refractivity contribution < 1.29 is 9.53 Å². The zero-order valence-electron chi connectivity index (χ0n) is 14.0. The van der Waals surface area contributed by atoms with Gasteiger partial charge in [-0.1, -0.05) is 18.2 Å². The highest BCUT2D eigenvalue weighted by Crippen LogP contribution is 2.18. The Kier molecular flexibility index (Phi) is 4.07. The minimum atomic E-state index is -0.393. The van der Waals surface area contributed by atoms with Crippen LogP contribution in [0, 0.1) is 0 Å². The maximum absolute atomic E-state index is 11.6. The highest BCUT2D eigenvalue weighted by Gasteiger charge is 2.22. The van der Waals surface area contributed by atoms with Crippen LogP contribution < -0.4 is 0 Å². The Balaban J connectivity index is 1.51. The SMILES string of the molecule is COC(=O)c1cc2n(n1)CCN(Cc1ccnn1-c1ccccc1)C2. The van der Waals surface area contributed by atoms with Crippen molar-refractivity contribution in [2.24, 2.45) is 0 Å². The number of methoxy groups -OCH3 is 1. The number of esters is 1. The molecule has 0 fully saturated rings. The number of para-hydroxylation sites is 1. The first kappa shape index (κ1) is 15.6. The zero-order valence-corrected chi connectivity index (χ0v) is 14.0. The summed E-state index contributed by atoms with van der Waals surface area (Å²) in [6.07, 6.45) is 1.83. The highest BCUT2D eigenvalue weighted by molar-refractivity contribution is 5.87. The fourth-order valence-electron chi connectivity index (χ4n) is 3.14. The van der Waals surface area contributed by atoms with Crippen molar-refractivity contribution in [3.05, 3.63) is 65.7 Å². The van der Waals surface area contributed by atoms with Gasteiger partial charge in [-0.25, -0.2) is 9.48 Å². The number of rotatable bonds is 4. The molecule has 0 radical (unpaired) electrons. The monoisotopic (exact) mass is 337 g/mol. The highest BCUT2D eigenvalue weighted by atomic mass is 16.5. The lowest BCUT2D eigenvalue weighted by Crippen LogP contribution is -2.34. The lowest BCUT2D eigenvalue weighted by atomic mass is 10.2. The Morgan fingerprint density at radius 2 is 2.04 bits per heavy atom. The summed E-state index contributed by atoms with van der Waals surface area (Å²) in [7, 11) is 1.37. The molecular weight excluding hydrogens is 318 g/mol. The Hall–Kier alpha value is -2.93. The molecule has 128 valence electrons. The third-order valence-corrected chi connectivity index (χ3v) is 4.38. The molecule has 0 spiro atoms. The van der Waals surface area contributed by atoms with Crippen LogP contribution in [0.1, 0.15) is 21.9 Å². The van der Waals surface area contributed by atoms with E-state index in [-0.39, 0.29) is 0 Å². The van der Waals surface area contributed by atoms with Gasteiger partial charge in [0, 0.05) is 25.8 Å². The lowest BCUT2D eigenvalue weighted by molar-refractivity contribution is 0.0593. The molecule has 0 aliphatic carbocycles. The summed E-state index contributed by atoms with van der Waals surface area (Å²) in [5.74, 6) is -0.393. The van der Waals surface area contributed by atoms with Crippen molar-refractivity contribution >= 4 is 5.97 Å². The summed E-state index contributed by atoms with van der Waals surface area (Å²) in [6.45, 7) is 3.15. The molecule has 1 aliphatic heterocycles. The van der Waals surface area contributed by atoms with Gasteiger partial charge in [0.2, 0.25) is 0 Å². The van der Waals surface area contributed by atoms with Crippen molar-refractivity contribution in [3.8, 4) is 5.69 Å². The number of carbonyl (C=O) groups is 1. The second-order valence-electron chi connectivity index (χ2n) is 6.02. The number of hydrogen-bond acceptors (Lipinski definition) is 5. The van der Waals surface area contributed by atoms with Crippen LogP contribution in [0.25, 0.3) is 5.69 Å². The molecule has 0 bridgehead atoms. The van der Waals surface area contributed by atoms with Gasteiger partial charge in [0.1, 0.15) is 0 Å². The number of benzene rings is 1. The van der Waals surface area contributed by atoms with Crippen LogP contribution in [-0.2, 0) is 24.4 Å². The van der Waals surface area contributed by atoms with Crippen molar-refractivity contribution in [1.29, 1.82) is 0 Å². The topological polar surface area (TPSA) is 65.2 Å². The Morgan fingerprint density at radius 1 is 1.20 bits per heavy atom. The third kappa shape index (κ3) is 3.06. The van der Waals surface area contributed by atoms with Crippen LogP contribution in [0.15, 0.2) is 48.7 Å². The number of ether oxygens (including phenoxy) is 1. The van der Waals surface area contributed by atoms with Crippen LogP contribution in [0.4, 0.5) is 0 Å². The van der Waals surface area contributed by atoms with Gasteiger partial charge < -0.3 is 4.74 Å². The zero-order chi connectivity index (χ0) is 17.2. The summed E-state index contributed by atoms with van der Waals surface area (Å²) in [5, 5.41) is 8.76. The van der Waals surface area contributed by atoms with E-state index in [2.05, 4.69) is 15.1 Å². The molecule has 4 rings (SSSR count). The molecule has 0 atom stereocenters. The average molecular weight is 337 g/mol. The fraction of sp³-hybridized carbons (Fsp3) is 0.278. The molecule has 3 aromatic rings. The quantitative estimate of drug-likeness (QED) is 0.680. The summed E-state index contributed by atoms with van der Waals surface area (Å²) < 4.78 is 8.60. The van der Waals surface area contributed by atoms with Crippen molar-refractivity contribution in [3.63, 3.8) is 0 Å². The van der Waals surface area contributed by atoms with Gasteiger partial charge in [-0.3, -0.25) is 9.58 Å². The maximum atomic E-state index is 11.6. The molecule has 0 saturated heterocycles. The average Bonchev–Trinajstić information content (AvgIpc) is 3.28. The van der Waals surface area contributed by atoms with E-state index in [1.807, 2.05) is 58.0 Å². The van der Waals surface area contributed by atoms with Gasteiger partial charge in [0.15, 0.2) is 5.69 Å². The first-order valence-electron chi connectivity index (χ1n) is 8.20. The van der Waals surface area contributed by atoms with Gasteiger partial charge in [-0.15, -0.1) is 0 Å². The molecule has 7 heteroatoms. The number of fused-ring (bicyclic) bond motifs is 1. The Bertz CT molecular complexity index is 884. The first-order chi connectivity index (χ1) is 12.2. The second kappa shape index (κ2) is 6.52. The molecule has 0 saturated carbocycles. The van der Waals surface area contributed by atoms with Crippen molar-refractivity contribution in [2.45, 2.75) is 19.6 Å². The number of aromatic nitrogens is 4. The van der Waals surface area contributed by atoms with Gasteiger partial charge >= 0.3 is 5.97 Å². The van der Waals surface area contributed by atoms with Crippen LogP contribution in [0.2, 0.25) is 0 Å². The molecule has 0 amide bonds. The molecule has 25 heavy (non-hydrogen) atoms. The Morgan fingerprint density at radius 3 is 2.84 bits per heavy atom. The van der Waals surface area contributed by atoms with E-state index in [1.165, 1.54) is 7.11 Å². The molecule has 1 aromatic carbocycles. The molecular formula is C18H19N5O2. The molecule has 3 heterocycles. The number of hydrogen-bond donors (Lipinski definition) is 0. The minimum absolute atomic E-state index is 0.369. The molecule has 0 N–H and O–H groups in total. The fourth-order valence-corrected chi connectivity index (χ4v) is 3.14. The van der Waals surface area contributed by atoms with E-state index in [1.54, 1.807) is 0 Å². The minimum Gasteiger partial charge on any atom is -0.464 e. The predicted molar refractivity (Wildman–Crippen MR) is 91.2 cm³/mol. The van der Waals surface area contributed by atoms with E-state index in [4.69, 9.17) is 4.74 Å². The van der Waals surface area contributed by atoms with E-state index in [0.29, 0.717) is 5.69 Å². The molecule has 1 aliphatic rings. The number of carbonyl (C=O) groups excluding carboxylic acids is 1. The third-order valence-electron chi connectivity index (χ3n) is 4.38. The maximum Gasteiger partial charge on any atom is 0.358 e. The summed E-state index contributed by atoms with van der Waals surface area (Å²) in [4.78, 5) is 14.0. The normalized spacial score (nSPS) is 14.3. The van der Waals surface area contributed by atoms with Crippen molar-refractivity contribution in [1.82, 2.24) is 24.5 Å². The molecule has 2 aromatic heterocycles. The van der Waals surface area contributed by atoms with Gasteiger partial charge in [0.25, 0.3) is 0 Å². The van der Waals surface area contributed by atoms with E-state index in [9.17, 15) is 4.79 Å². The van der Waals surface area contributed by atoms with Gasteiger partial charge in [-0.05, 0) is 24.3 Å². The van der Waals surface area contributed by atoms with E-state index >= 15 is 0 Å². The van der Waals surface area contributed by atoms with Crippen molar-refractivity contribution in [2.75, 3.05) is 13.7 Å². The second-order valence-corrected chi connectivity index (χ2v) is 6.02. The Labute approximate surface area is 145 Å². The standard InChI is InChI=1S/C18H19N5O2/c1-25-18(24)17-11-16-13-21(9-10-22(16)20-17)12-15-7-8-19-23(15)14-5-3-2-4-6-14/h2-8,11H,9-10,12-13H2,1H3. The molecule has 0 unspecified atom stereocenters. The molecule has 7 nitrogen and oxygen atoms in total. The summed E-state index contributed by atoms with van der Waals surface area (Å²) in [6, 6.07) is 14.0. The van der Waals surface area contributed by atoms with Gasteiger partial charge in [0.05, 0.1) is 30.7 Å². The van der Waals surface area contributed by atoms with E-state index < -0.39 is 5.97 Å². The summed E-state index contributed by atoms with van der Waals surface area (Å²) >= 11 is 0. The van der Waals surface area contributed by atoms with E-state index in [0.717, 1.165) is 43.3 Å². The smallest absolute Gasteiger partial charge is 0.358 e. The predicted octanol–water partition coefficient (Wildman–Crippen LogP) is 1.87. The largest absolute Gasteiger partial charge is 0.464 e. The van der Waals surface area contributed by atoms with Gasteiger partial charge in [-0.2, -0.15) is 10.2 Å². The van der Waals surface area contributed by atoms with Crippen LogP contribution >= 0.6 is 0 Å². The summed E-state index contributed by atoms with van der Waals surface area (Å²) in [5.41, 5.74) is 3.58. The first-order valence-corrected chi connectivity index (χ1v) is 8.20. The van der Waals surface area contributed by atoms with Crippen LogP contribution in [0.3, 0.4) is 0 Å². The lowest BCUT2D eigenvalue weighted by Gasteiger charge is -2.27.